The lowest BCUT2D eigenvalue weighted by molar-refractivity contribution is -0.131. The summed E-state index contributed by atoms with van der Waals surface area (Å²) in [5, 5.41) is 1.68. The summed E-state index contributed by atoms with van der Waals surface area (Å²) in [6.45, 7) is 3.65. The van der Waals surface area contributed by atoms with Crippen LogP contribution in [0.4, 0.5) is 0 Å². The van der Waals surface area contributed by atoms with E-state index in [2.05, 4.69) is 0 Å². The highest BCUT2D eigenvalue weighted by molar-refractivity contribution is 6.37. The SMILES string of the molecule is COc1ccc(OC2=CC3C(=O)N(C(C)c4ccccc4)C(=O)c4cc(Oc5ccc(OC)cc5)c5c6c7c8c(cc(Oc9ccc(OC)cc9)c7c2c5c43)C(=O)N(C(C)c2ccccc2)C(=O)C8=CC6Oc2ccc(OC)cc2)cc1. The molecule has 2 aliphatic carbocycles. The summed E-state index contributed by atoms with van der Waals surface area (Å²) >= 11 is 0. The molecule has 9 aromatic carbocycles. The smallest absolute Gasteiger partial charge is 0.262 e. The first-order valence-electron chi connectivity index (χ1n) is 26.7. The molecule has 14 nitrogen and oxygen atoms in total. The Morgan fingerprint density at radius 2 is 0.829 bits per heavy atom. The zero-order valence-electron chi connectivity index (χ0n) is 45.4. The van der Waals surface area contributed by atoms with Crippen molar-refractivity contribution < 1.29 is 57.1 Å². The van der Waals surface area contributed by atoms with E-state index in [1.165, 1.54) is 9.80 Å². The van der Waals surface area contributed by atoms with E-state index in [-0.39, 0.29) is 34.0 Å². The molecule has 82 heavy (non-hydrogen) atoms. The quantitative estimate of drug-likeness (QED) is 0.0670. The van der Waals surface area contributed by atoms with Crippen LogP contribution in [0.1, 0.15) is 92.0 Å². The molecule has 4 aliphatic rings. The zero-order valence-corrected chi connectivity index (χ0v) is 45.4. The largest absolute Gasteiger partial charge is 0.497 e. The van der Waals surface area contributed by atoms with Gasteiger partial charge in [-0.05, 0) is 152 Å². The first-order chi connectivity index (χ1) is 40.0. The Kier molecular flexibility index (Phi) is 12.7. The van der Waals surface area contributed by atoms with Crippen LogP contribution in [-0.4, -0.2) is 61.9 Å². The highest BCUT2D eigenvalue weighted by atomic mass is 16.5. The van der Waals surface area contributed by atoms with E-state index in [1.807, 2.05) is 74.5 Å². The van der Waals surface area contributed by atoms with Gasteiger partial charge in [-0.1, -0.05) is 60.7 Å². The second-order valence-electron chi connectivity index (χ2n) is 20.2. The van der Waals surface area contributed by atoms with Crippen LogP contribution in [0.15, 0.2) is 182 Å². The van der Waals surface area contributed by atoms with Crippen molar-refractivity contribution >= 4 is 56.5 Å². The minimum atomic E-state index is -1.13. The summed E-state index contributed by atoms with van der Waals surface area (Å²) in [5.41, 5.74) is 3.69. The number of carbonyl (C=O) groups excluding carboxylic acids is 4. The van der Waals surface area contributed by atoms with Crippen molar-refractivity contribution in [1.29, 1.82) is 0 Å². The number of ether oxygens (including phenoxy) is 8. The standard InChI is InChI=1S/C68H52N2O12/c1-37(39-13-9-7-10-14-39)69-65(71)49-33-53(79-45-25-17-41(75-3)18-26-45)59-61-55(81-47-29-21-43(77-5)22-30-47)35-51-58-52(68(74)70(67(51)73)38(2)40-15-11-8-12-16-40)36-56(82-48-31-23-44(78-6)24-32-48)62(64(58)61)60-54(34-50(66(69)72)57(49)63(59)60)80-46-27-19-42(76-4)20-28-46/h7-38,49,56H,1-6H3. The van der Waals surface area contributed by atoms with E-state index in [4.69, 9.17) is 37.9 Å². The van der Waals surface area contributed by atoms with Crippen LogP contribution in [0.25, 0.3) is 32.9 Å². The number of nitrogens with zero attached hydrogens (tertiary/aromatic N) is 2. The summed E-state index contributed by atoms with van der Waals surface area (Å²) in [6.07, 6.45) is 2.37. The van der Waals surface area contributed by atoms with Gasteiger partial charge in [0.05, 0.1) is 52.0 Å². The number of carbonyl (C=O) groups is 4. The molecule has 4 unspecified atom stereocenters. The summed E-state index contributed by atoms with van der Waals surface area (Å²) in [6, 6.07) is 48.9. The predicted molar refractivity (Wildman–Crippen MR) is 308 cm³/mol. The number of hydrogen-bond acceptors (Lipinski definition) is 12. The predicted octanol–water partition coefficient (Wildman–Crippen LogP) is 14.1. The second kappa shape index (κ2) is 20.4. The van der Waals surface area contributed by atoms with Crippen LogP contribution in [-0.2, 0) is 9.59 Å². The molecule has 0 saturated heterocycles. The van der Waals surface area contributed by atoms with Gasteiger partial charge in [0.2, 0.25) is 5.91 Å². The number of hydrogen-bond donors (Lipinski definition) is 0. The first kappa shape index (κ1) is 51.1. The van der Waals surface area contributed by atoms with Gasteiger partial charge >= 0.3 is 0 Å². The molecule has 0 bridgehead atoms. The average molecular weight is 1090 g/mol. The summed E-state index contributed by atoms with van der Waals surface area (Å²) in [7, 11) is 6.29. The molecule has 2 aliphatic heterocycles. The molecule has 0 fully saturated rings. The molecule has 0 aromatic heterocycles. The lowest BCUT2D eigenvalue weighted by Gasteiger charge is -2.41. The van der Waals surface area contributed by atoms with Gasteiger partial charge in [0.1, 0.15) is 69.4 Å². The van der Waals surface area contributed by atoms with Gasteiger partial charge < -0.3 is 37.9 Å². The normalized spacial score (nSPS) is 16.5. The van der Waals surface area contributed by atoms with Gasteiger partial charge in [0.25, 0.3) is 17.7 Å². The van der Waals surface area contributed by atoms with Crippen LogP contribution in [0.2, 0.25) is 0 Å². The summed E-state index contributed by atoms with van der Waals surface area (Å²) < 4.78 is 50.7. The number of imide groups is 2. The fourth-order valence-electron chi connectivity index (χ4n) is 11.8. The van der Waals surface area contributed by atoms with Crippen LogP contribution in [0.5, 0.6) is 57.5 Å². The Bertz CT molecular complexity index is 4140. The highest BCUT2D eigenvalue weighted by Crippen LogP contribution is 2.59. The maximum atomic E-state index is 15.7. The molecule has 406 valence electrons. The lowest BCUT2D eigenvalue weighted by Crippen LogP contribution is -2.46. The molecule has 13 rings (SSSR count). The number of benzene rings is 9. The molecule has 2 heterocycles. The Morgan fingerprint density at radius 3 is 1.34 bits per heavy atom. The average Bonchev–Trinajstić information content (AvgIpc) is 1.17. The first-order valence-corrected chi connectivity index (χ1v) is 26.7. The van der Waals surface area contributed by atoms with Crippen LogP contribution in [0, 0.1) is 0 Å². The third kappa shape index (κ3) is 8.41. The van der Waals surface area contributed by atoms with Crippen molar-refractivity contribution in [1.82, 2.24) is 9.80 Å². The molecule has 4 amide bonds. The number of fused-ring (bicyclic) bond motifs is 2. The fourth-order valence-corrected chi connectivity index (χ4v) is 11.8. The van der Waals surface area contributed by atoms with Gasteiger partial charge in [-0.2, -0.15) is 0 Å². The summed E-state index contributed by atoms with van der Waals surface area (Å²) in [4.78, 5) is 65.4. The molecule has 14 heteroatoms. The van der Waals surface area contributed by atoms with Crippen LogP contribution in [0.3, 0.4) is 0 Å². The van der Waals surface area contributed by atoms with Gasteiger partial charge in [0.15, 0.2) is 0 Å². The molecule has 0 N–H and O–H groups in total. The van der Waals surface area contributed by atoms with E-state index in [0.29, 0.717) is 89.8 Å². The van der Waals surface area contributed by atoms with Crippen molar-refractivity contribution in [2.24, 2.45) is 0 Å². The fraction of sp³-hybridized carbons (Fsp3) is 0.147. The Hall–Kier alpha value is -10.3. The van der Waals surface area contributed by atoms with Crippen molar-refractivity contribution in [2.45, 2.75) is 38.0 Å². The zero-order chi connectivity index (χ0) is 56.5. The van der Waals surface area contributed by atoms with Gasteiger partial charge in [-0.15, -0.1) is 0 Å². The van der Waals surface area contributed by atoms with E-state index >= 15 is 19.2 Å². The Morgan fingerprint density at radius 1 is 0.402 bits per heavy atom. The van der Waals surface area contributed by atoms with Crippen molar-refractivity contribution in [3.05, 3.63) is 227 Å². The molecule has 0 radical (unpaired) electrons. The molecular weight excluding hydrogens is 1040 g/mol. The molecule has 4 atom stereocenters. The monoisotopic (exact) mass is 1090 g/mol. The van der Waals surface area contributed by atoms with Gasteiger partial charge in [0, 0.05) is 49.4 Å². The van der Waals surface area contributed by atoms with Crippen LogP contribution >= 0.6 is 0 Å². The number of rotatable bonds is 16. The van der Waals surface area contributed by atoms with Crippen molar-refractivity contribution in [3.63, 3.8) is 0 Å². The van der Waals surface area contributed by atoms with Crippen molar-refractivity contribution in [2.75, 3.05) is 28.4 Å². The molecule has 0 saturated carbocycles. The van der Waals surface area contributed by atoms with E-state index in [0.717, 1.165) is 11.1 Å². The minimum Gasteiger partial charge on any atom is -0.497 e. The van der Waals surface area contributed by atoms with Gasteiger partial charge in [-0.3, -0.25) is 29.0 Å². The highest BCUT2D eigenvalue weighted by Gasteiger charge is 2.49. The number of methoxy groups -OCH3 is 4. The second-order valence-corrected chi connectivity index (χ2v) is 20.2. The topological polar surface area (TPSA) is 149 Å². The Labute approximate surface area is 471 Å². The third-order valence-electron chi connectivity index (χ3n) is 15.8. The van der Waals surface area contributed by atoms with Gasteiger partial charge in [-0.25, -0.2) is 0 Å². The van der Waals surface area contributed by atoms with Crippen LogP contribution < -0.4 is 37.9 Å². The summed E-state index contributed by atoms with van der Waals surface area (Å²) in [5.74, 6) is 1.31. The number of amides is 4. The molecule has 9 aromatic rings. The van der Waals surface area contributed by atoms with Crippen molar-refractivity contribution in [3.8, 4) is 57.5 Å². The minimum absolute atomic E-state index is 0.183. The maximum absolute atomic E-state index is 15.7. The molecular formula is C68H52N2O12. The maximum Gasteiger partial charge on any atom is 0.262 e. The molecule has 0 spiro atoms. The van der Waals surface area contributed by atoms with E-state index < -0.39 is 47.7 Å². The van der Waals surface area contributed by atoms with E-state index in [9.17, 15) is 0 Å². The Balaban J connectivity index is 1.19. The lowest BCUT2D eigenvalue weighted by atomic mass is 9.71. The third-order valence-corrected chi connectivity index (χ3v) is 15.8. The van der Waals surface area contributed by atoms with E-state index in [1.54, 1.807) is 150 Å².